The van der Waals surface area contributed by atoms with Crippen LogP contribution in [-0.4, -0.2) is 71.9 Å². The highest BCUT2D eigenvalue weighted by Gasteiger charge is 2.32. The van der Waals surface area contributed by atoms with Crippen molar-refractivity contribution in [1.29, 1.82) is 0 Å². The molecule has 0 bridgehead atoms. The average molecular weight is 421 g/mol. The van der Waals surface area contributed by atoms with E-state index in [1.165, 1.54) is 26.4 Å². The van der Waals surface area contributed by atoms with Gasteiger partial charge in [-0.15, -0.1) is 0 Å². The summed E-state index contributed by atoms with van der Waals surface area (Å²) in [6, 6.07) is 3.89. The van der Waals surface area contributed by atoms with Gasteiger partial charge in [-0.05, 0) is 18.6 Å². The smallest absolute Gasteiger partial charge is 0.247 e. The van der Waals surface area contributed by atoms with Gasteiger partial charge in [0.25, 0.3) is 0 Å². The molecule has 1 saturated heterocycles. The fourth-order valence-corrected chi connectivity index (χ4v) is 6.08. The third kappa shape index (κ3) is 5.11. The Morgan fingerprint density at radius 3 is 2.52 bits per heavy atom. The molecule has 0 saturated carbocycles. The summed E-state index contributed by atoms with van der Waals surface area (Å²) in [5, 5.41) is 2.59. The van der Waals surface area contributed by atoms with E-state index in [0.29, 0.717) is 12.2 Å². The number of nitrogens with zero attached hydrogens (tertiary/aromatic N) is 1. The van der Waals surface area contributed by atoms with Crippen LogP contribution in [0.15, 0.2) is 23.1 Å². The molecule has 1 unspecified atom stereocenters. The van der Waals surface area contributed by atoms with Crippen molar-refractivity contribution in [2.75, 3.05) is 38.8 Å². The lowest BCUT2D eigenvalue weighted by atomic mass is 10.2. The number of benzene rings is 1. The zero-order valence-electron chi connectivity index (χ0n) is 15.5. The number of likely N-dealkylation sites (N-methyl/N-ethyl adjacent to an activating group) is 1. The van der Waals surface area contributed by atoms with Gasteiger partial charge in [0.05, 0.1) is 32.3 Å². The second-order valence-corrected chi connectivity index (χ2v) is 10.3. The summed E-state index contributed by atoms with van der Waals surface area (Å²) in [5.74, 6) is -0.178. The van der Waals surface area contributed by atoms with Crippen LogP contribution in [0.3, 0.4) is 0 Å². The lowest BCUT2D eigenvalue weighted by Crippen LogP contribution is -2.44. The van der Waals surface area contributed by atoms with Crippen LogP contribution < -0.4 is 14.8 Å². The first kappa shape index (κ1) is 21.5. The molecule has 11 heteroatoms. The molecule has 2 rings (SSSR count). The molecule has 1 aliphatic heterocycles. The quantitative estimate of drug-likeness (QED) is 0.629. The molecule has 1 atom stereocenters. The van der Waals surface area contributed by atoms with Gasteiger partial charge < -0.3 is 14.8 Å². The fraction of sp³-hybridized carbons (Fsp3) is 0.562. The van der Waals surface area contributed by atoms with Crippen LogP contribution in [0.25, 0.3) is 0 Å². The molecule has 9 nitrogen and oxygen atoms in total. The number of carbonyl (C=O) groups is 1. The second kappa shape index (κ2) is 8.44. The van der Waals surface area contributed by atoms with Gasteiger partial charge in [0.2, 0.25) is 15.9 Å². The first-order valence-corrected chi connectivity index (χ1v) is 11.6. The Bertz CT molecular complexity index is 897. The zero-order chi connectivity index (χ0) is 20.2. The third-order valence-corrected chi connectivity index (χ3v) is 7.97. The number of sulfonamides is 1. The molecule has 1 heterocycles. The second-order valence-electron chi connectivity index (χ2n) is 6.12. The minimum atomic E-state index is -4.03. The number of rotatable bonds is 8. The van der Waals surface area contributed by atoms with Gasteiger partial charge in [-0.1, -0.05) is 6.92 Å². The van der Waals surface area contributed by atoms with Crippen molar-refractivity contribution in [3.63, 3.8) is 0 Å². The third-order valence-electron chi connectivity index (χ3n) is 4.26. The van der Waals surface area contributed by atoms with E-state index in [9.17, 15) is 21.6 Å². The first-order valence-electron chi connectivity index (χ1n) is 8.35. The molecular weight excluding hydrogens is 396 g/mol. The largest absolute Gasteiger partial charge is 0.497 e. The van der Waals surface area contributed by atoms with Gasteiger partial charge in [-0.25, -0.2) is 16.8 Å². The highest BCUT2D eigenvalue weighted by atomic mass is 32.2. The maximum absolute atomic E-state index is 13.0. The van der Waals surface area contributed by atoms with Gasteiger partial charge in [0.1, 0.15) is 16.4 Å². The molecule has 27 heavy (non-hydrogen) atoms. The molecule has 0 aromatic heterocycles. The van der Waals surface area contributed by atoms with E-state index in [0.717, 1.165) is 4.31 Å². The van der Waals surface area contributed by atoms with Crippen molar-refractivity contribution in [1.82, 2.24) is 9.62 Å². The number of hydrogen-bond acceptors (Lipinski definition) is 7. The van der Waals surface area contributed by atoms with Gasteiger partial charge in [0.15, 0.2) is 9.84 Å². The Labute approximate surface area is 159 Å². The number of ether oxygens (including phenoxy) is 2. The number of nitrogens with one attached hydrogen (secondary N) is 1. The van der Waals surface area contributed by atoms with Crippen LogP contribution in [0.5, 0.6) is 11.5 Å². The Balaban J connectivity index is 2.19. The number of sulfone groups is 1. The number of methoxy groups -OCH3 is 2. The maximum Gasteiger partial charge on any atom is 0.247 e. The molecule has 1 amide bonds. The van der Waals surface area contributed by atoms with Gasteiger partial charge in [-0.2, -0.15) is 4.31 Å². The van der Waals surface area contributed by atoms with E-state index < -0.39 is 38.4 Å². The summed E-state index contributed by atoms with van der Waals surface area (Å²) in [6.07, 6.45) is 0.330. The lowest BCUT2D eigenvalue weighted by Gasteiger charge is -2.22. The monoisotopic (exact) mass is 420 g/mol. The Morgan fingerprint density at radius 1 is 1.30 bits per heavy atom. The summed E-state index contributed by atoms with van der Waals surface area (Å²) < 4.78 is 60.2. The van der Waals surface area contributed by atoms with Crippen LogP contribution in [0.1, 0.15) is 13.3 Å². The molecule has 1 fully saturated rings. The molecule has 1 aromatic carbocycles. The standard InChI is InChI=1S/C16H24N2O7S2/c1-4-18(10-16(19)17-12-7-8-26(20,21)11-12)27(22,23)15-9-13(24-2)5-6-14(15)25-3/h5-6,9,12H,4,7-8,10-11H2,1-3H3,(H,17,19). The highest BCUT2D eigenvalue weighted by Crippen LogP contribution is 2.30. The van der Waals surface area contributed by atoms with E-state index in [1.807, 2.05) is 0 Å². The van der Waals surface area contributed by atoms with Crippen molar-refractivity contribution >= 4 is 25.8 Å². The number of hydrogen-bond donors (Lipinski definition) is 1. The molecule has 0 aliphatic carbocycles. The minimum absolute atomic E-state index is 0.0226. The lowest BCUT2D eigenvalue weighted by molar-refractivity contribution is -0.121. The molecule has 0 radical (unpaired) electrons. The topological polar surface area (TPSA) is 119 Å². The first-order chi connectivity index (χ1) is 12.6. The Morgan fingerprint density at radius 2 is 2.00 bits per heavy atom. The molecule has 0 spiro atoms. The van der Waals surface area contributed by atoms with E-state index >= 15 is 0 Å². The van der Waals surface area contributed by atoms with Crippen molar-refractivity contribution in [3.8, 4) is 11.5 Å². The Hall–Kier alpha value is -1.85. The predicted octanol–water partition coefficient (Wildman–Crippen LogP) is 0.0177. The molecule has 1 N–H and O–H groups in total. The van der Waals surface area contributed by atoms with Crippen molar-refractivity contribution in [3.05, 3.63) is 18.2 Å². The Kier molecular flexibility index (Phi) is 6.71. The van der Waals surface area contributed by atoms with Crippen molar-refractivity contribution in [2.45, 2.75) is 24.3 Å². The van der Waals surface area contributed by atoms with E-state index in [2.05, 4.69) is 5.32 Å². The molecule has 152 valence electrons. The average Bonchev–Trinajstić information content (AvgIpc) is 2.97. The fourth-order valence-electron chi connectivity index (χ4n) is 2.83. The highest BCUT2D eigenvalue weighted by molar-refractivity contribution is 7.91. The van der Waals surface area contributed by atoms with Crippen LogP contribution in [-0.2, 0) is 24.7 Å². The maximum atomic E-state index is 13.0. The van der Waals surface area contributed by atoms with E-state index in [4.69, 9.17) is 9.47 Å². The number of amides is 1. The molecule has 1 aromatic rings. The van der Waals surface area contributed by atoms with E-state index in [-0.39, 0.29) is 28.7 Å². The van der Waals surface area contributed by atoms with Crippen LogP contribution in [0.4, 0.5) is 0 Å². The van der Waals surface area contributed by atoms with Gasteiger partial charge in [-0.3, -0.25) is 4.79 Å². The van der Waals surface area contributed by atoms with Crippen LogP contribution >= 0.6 is 0 Å². The predicted molar refractivity (Wildman–Crippen MR) is 99.2 cm³/mol. The van der Waals surface area contributed by atoms with Gasteiger partial charge >= 0.3 is 0 Å². The van der Waals surface area contributed by atoms with E-state index in [1.54, 1.807) is 13.0 Å². The molecular formula is C16H24N2O7S2. The van der Waals surface area contributed by atoms with Gasteiger partial charge in [0, 0.05) is 18.7 Å². The van der Waals surface area contributed by atoms with Crippen LogP contribution in [0, 0.1) is 0 Å². The summed E-state index contributed by atoms with van der Waals surface area (Å²) in [5.41, 5.74) is 0. The van der Waals surface area contributed by atoms with Crippen LogP contribution in [0.2, 0.25) is 0 Å². The summed E-state index contributed by atoms with van der Waals surface area (Å²) in [4.78, 5) is 12.2. The zero-order valence-corrected chi connectivity index (χ0v) is 17.1. The van der Waals surface area contributed by atoms with Crippen molar-refractivity contribution in [2.24, 2.45) is 0 Å². The summed E-state index contributed by atoms with van der Waals surface area (Å²) >= 11 is 0. The molecule has 1 aliphatic rings. The summed E-state index contributed by atoms with van der Waals surface area (Å²) in [7, 11) is -4.40. The normalized spacial score (nSPS) is 19.0. The number of carbonyl (C=O) groups excluding carboxylic acids is 1. The summed E-state index contributed by atoms with van der Waals surface area (Å²) in [6.45, 7) is 1.24. The minimum Gasteiger partial charge on any atom is -0.497 e. The van der Waals surface area contributed by atoms with Crippen molar-refractivity contribution < 1.29 is 31.1 Å². The SMILES string of the molecule is CCN(CC(=O)NC1CCS(=O)(=O)C1)S(=O)(=O)c1cc(OC)ccc1OC.